The number of nitriles is 4. The maximum Gasteiger partial charge on any atom is 0.0998 e. The second-order valence-corrected chi connectivity index (χ2v) is 10.6. The lowest BCUT2D eigenvalue weighted by Crippen LogP contribution is -1.96. The van der Waals surface area contributed by atoms with Crippen LogP contribution in [0.15, 0.2) is 127 Å². The molecular weight excluding hydrogens is 550 g/mol. The van der Waals surface area contributed by atoms with Crippen molar-refractivity contribution in [2.24, 2.45) is 0 Å². The van der Waals surface area contributed by atoms with Crippen molar-refractivity contribution in [1.82, 2.24) is 4.57 Å². The molecule has 0 aliphatic heterocycles. The summed E-state index contributed by atoms with van der Waals surface area (Å²) in [5.74, 6) is 0. The van der Waals surface area contributed by atoms with Crippen LogP contribution in [0, 0.1) is 45.3 Å². The zero-order chi connectivity index (χ0) is 30.9. The van der Waals surface area contributed by atoms with Crippen LogP contribution in [0.25, 0.3) is 60.9 Å². The number of hydrogen-bond acceptors (Lipinski definition) is 4. The standard InChI is InChI=1S/C40H21N5/c41-22-28-11-7-12-29(23-42)39(28)27-17-18-33-35-20-36(40-30(24-43)13-8-14-31(40)25-44)34(26-9-3-1-4-10-26)21-38(35)45(37(33)19-27)32-15-5-2-6-16-32/h1-21H. The van der Waals surface area contributed by atoms with Gasteiger partial charge in [-0.15, -0.1) is 0 Å². The topological polar surface area (TPSA) is 100 Å². The highest BCUT2D eigenvalue weighted by molar-refractivity contribution is 6.13. The highest BCUT2D eigenvalue weighted by Gasteiger charge is 2.22. The van der Waals surface area contributed by atoms with Crippen molar-refractivity contribution in [1.29, 1.82) is 21.0 Å². The molecule has 0 fully saturated rings. The molecule has 5 nitrogen and oxygen atoms in total. The van der Waals surface area contributed by atoms with Crippen molar-refractivity contribution >= 4 is 21.8 Å². The number of benzene rings is 6. The van der Waals surface area contributed by atoms with Gasteiger partial charge in [0.05, 0.1) is 57.6 Å². The fraction of sp³-hybridized carbons (Fsp3) is 0. The van der Waals surface area contributed by atoms with Gasteiger partial charge in [0.1, 0.15) is 0 Å². The molecule has 0 radical (unpaired) electrons. The Labute approximate surface area is 259 Å². The second-order valence-electron chi connectivity index (χ2n) is 10.6. The predicted molar refractivity (Wildman–Crippen MR) is 176 cm³/mol. The van der Waals surface area contributed by atoms with E-state index in [1.54, 1.807) is 36.4 Å². The molecule has 7 aromatic rings. The smallest absolute Gasteiger partial charge is 0.0998 e. The minimum atomic E-state index is 0.428. The lowest BCUT2D eigenvalue weighted by atomic mass is 9.88. The zero-order valence-electron chi connectivity index (χ0n) is 23.9. The van der Waals surface area contributed by atoms with Gasteiger partial charge in [-0.2, -0.15) is 21.0 Å². The summed E-state index contributed by atoms with van der Waals surface area (Å²) in [6.07, 6.45) is 0. The average Bonchev–Trinajstić information content (AvgIpc) is 3.43. The molecule has 0 amide bonds. The van der Waals surface area contributed by atoms with Crippen molar-refractivity contribution in [3.8, 4) is 63.3 Å². The molecule has 45 heavy (non-hydrogen) atoms. The minimum Gasteiger partial charge on any atom is -0.309 e. The maximum atomic E-state index is 10.1. The average molecular weight is 572 g/mol. The molecule has 0 atom stereocenters. The Bertz CT molecular complexity index is 2400. The highest BCUT2D eigenvalue weighted by Crippen LogP contribution is 2.43. The molecule has 0 unspecified atom stereocenters. The van der Waals surface area contributed by atoms with Gasteiger partial charge >= 0.3 is 0 Å². The van der Waals surface area contributed by atoms with Gasteiger partial charge in [0.15, 0.2) is 0 Å². The molecule has 206 valence electrons. The van der Waals surface area contributed by atoms with E-state index in [4.69, 9.17) is 0 Å². The number of aromatic nitrogens is 1. The zero-order valence-corrected chi connectivity index (χ0v) is 23.9. The van der Waals surface area contributed by atoms with Gasteiger partial charge in [0.25, 0.3) is 0 Å². The summed E-state index contributed by atoms with van der Waals surface area (Å²) >= 11 is 0. The Morgan fingerprint density at radius 2 is 0.933 bits per heavy atom. The van der Waals surface area contributed by atoms with E-state index in [1.807, 2.05) is 78.9 Å². The molecule has 0 saturated carbocycles. The van der Waals surface area contributed by atoms with Crippen molar-refractivity contribution < 1.29 is 0 Å². The Hall–Kier alpha value is -6.92. The molecule has 6 aromatic carbocycles. The minimum absolute atomic E-state index is 0.428. The Morgan fingerprint density at radius 3 is 1.51 bits per heavy atom. The molecule has 0 bridgehead atoms. The van der Waals surface area contributed by atoms with E-state index in [1.165, 1.54) is 0 Å². The van der Waals surface area contributed by atoms with Crippen LogP contribution in [0.1, 0.15) is 22.3 Å². The Morgan fingerprint density at radius 1 is 0.400 bits per heavy atom. The molecule has 0 N–H and O–H groups in total. The van der Waals surface area contributed by atoms with E-state index in [2.05, 4.69) is 41.0 Å². The van der Waals surface area contributed by atoms with Crippen molar-refractivity contribution in [3.63, 3.8) is 0 Å². The van der Waals surface area contributed by atoms with Gasteiger partial charge in [0.2, 0.25) is 0 Å². The van der Waals surface area contributed by atoms with Crippen LogP contribution in [0.5, 0.6) is 0 Å². The largest absolute Gasteiger partial charge is 0.309 e. The van der Waals surface area contributed by atoms with E-state index in [9.17, 15) is 21.0 Å². The number of para-hydroxylation sites is 1. The SMILES string of the molecule is N#Cc1cccc(C#N)c1-c1ccc2c3cc(-c4c(C#N)cccc4C#N)c(-c4ccccc4)cc3n(-c3ccccc3)c2c1. The summed E-state index contributed by atoms with van der Waals surface area (Å²) in [4.78, 5) is 0. The van der Waals surface area contributed by atoms with E-state index in [0.717, 1.165) is 49.7 Å². The number of fused-ring (bicyclic) bond motifs is 3. The summed E-state index contributed by atoms with van der Waals surface area (Å²) in [7, 11) is 0. The van der Waals surface area contributed by atoms with Crippen molar-refractivity contribution in [3.05, 3.63) is 150 Å². The van der Waals surface area contributed by atoms with Crippen molar-refractivity contribution in [2.45, 2.75) is 0 Å². The van der Waals surface area contributed by atoms with Crippen LogP contribution in [-0.2, 0) is 0 Å². The predicted octanol–water partition coefficient (Wildman–Crippen LogP) is 9.27. The number of rotatable bonds is 4. The fourth-order valence-corrected chi connectivity index (χ4v) is 6.22. The van der Waals surface area contributed by atoms with Crippen LogP contribution >= 0.6 is 0 Å². The fourth-order valence-electron chi connectivity index (χ4n) is 6.22. The van der Waals surface area contributed by atoms with E-state index >= 15 is 0 Å². The third-order valence-electron chi connectivity index (χ3n) is 8.17. The molecule has 1 aromatic heterocycles. The lowest BCUT2D eigenvalue weighted by Gasteiger charge is -2.15. The summed E-state index contributed by atoms with van der Waals surface area (Å²) in [6, 6.07) is 49.7. The lowest BCUT2D eigenvalue weighted by molar-refractivity contribution is 1.18. The normalized spacial score (nSPS) is 10.6. The van der Waals surface area contributed by atoms with Gasteiger partial charge in [0, 0.05) is 27.6 Å². The molecule has 7 rings (SSSR count). The molecule has 5 heteroatoms. The number of nitrogens with zero attached hydrogens (tertiary/aromatic N) is 5. The first-order chi connectivity index (χ1) is 22.2. The van der Waals surface area contributed by atoms with Gasteiger partial charge < -0.3 is 4.57 Å². The third kappa shape index (κ3) is 4.38. The Balaban J connectivity index is 1.65. The summed E-state index contributed by atoms with van der Waals surface area (Å²) < 4.78 is 2.19. The van der Waals surface area contributed by atoms with Gasteiger partial charge in [-0.3, -0.25) is 0 Å². The van der Waals surface area contributed by atoms with Gasteiger partial charge in [-0.05, 0) is 76.9 Å². The molecule has 0 saturated heterocycles. The first kappa shape index (κ1) is 26.9. The third-order valence-corrected chi connectivity index (χ3v) is 8.17. The molecule has 0 spiro atoms. The van der Waals surface area contributed by atoms with Gasteiger partial charge in [-0.25, -0.2) is 0 Å². The monoisotopic (exact) mass is 571 g/mol. The Kier molecular flexibility index (Phi) is 6.62. The van der Waals surface area contributed by atoms with Crippen LogP contribution in [0.4, 0.5) is 0 Å². The molecule has 1 heterocycles. The maximum absolute atomic E-state index is 10.1. The first-order valence-electron chi connectivity index (χ1n) is 14.3. The molecule has 0 aliphatic rings. The summed E-state index contributed by atoms with van der Waals surface area (Å²) in [6.45, 7) is 0. The number of hydrogen-bond donors (Lipinski definition) is 0. The van der Waals surface area contributed by atoms with Crippen LogP contribution in [0.2, 0.25) is 0 Å². The van der Waals surface area contributed by atoms with Crippen molar-refractivity contribution in [2.75, 3.05) is 0 Å². The second kappa shape index (κ2) is 11.1. The molecular formula is C40H21N5. The van der Waals surface area contributed by atoms with Crippen LogP contribution in [0.3, 0.4) is 0 Å². The summed E-state index contributed by atoms with van der Waals surface area (Å²) in [5, 5.41) is 42.0. The highest BCUT2D eigenvalue weighted by atomic mass is 15.0. The van der Waals surface area contributed by atoms with Crippen LogP contribution < -0.4 is 0 Å². The molecule has 0 aliphatic carbocycles. The summed E-state index contributed by atoms with van der Waals surface area (Å²) in [5.41, 5.74) is 9.11. The van der Waals surface area contributed by atoms with Gasteiger partial charge in [-0.1, -0.05) is 72.8 Å². The van der Waals surface area contributed by atoms with E-state index in [0.29, 0.717) is 33.4 Å². The quantitative estimate of drug-likeness (QED) is 0.210. The van der Waals surface area contributed by atoms with E-state index in [-0.39, 0.29) is 0 Å². The first-order valence-corrected chi connectivity index (χ1v) is 14.3. The van der Waals surface area contributed by atoms with Crippen LogP contribution in [-0.4, -0.2) is 4.57 Å². The van der Waals surface area contributed by atoms with E-state index < -0.39 is 0 Å².